The van der Waals surface area contributed by atoms with Crippen molar-refractivity contribution in [3.8, 4) is 0 Å². The lowest BCUT2D eigenvalue weighted by Crippen LogP contribution is -2.58. The van der Waals surface area contributed by atoms with E-state index in [4.69, 9.17) is 4.74 Å². The third kappa shape index (κ3) is 3.07. The van der Waals surface area contributed by atoms with Gasteiger partial charge in [0.1, 0.15) is 0 Å². The van der Waals surface area contributed by atoms with E-state index in [0.29, 0.717) is 11.5 Å². The van der Waals surface area contributed by atoms with E-state index < -0.39 is 0 Å². The van der Waals surface area contributed by atoms with Gasteiger partial charge in [0.05, 0.1) is 13.2 Å². The maximum Gasteiger partial charge on any atom is 0.0594 e. The van der Waals surface area contributed by atoms with Crippen LogP contribution in [0.4, 0.5) is 0 Å². The summed E-state index contributed by atoms with van der Waals surface area (Å²) in [6.45, 7) is 11.2. The van der Waals surface area contributed by atoms with Crippen LogP contribution in [0, 0.1) is 5.41 Å². The Morgan fingerprint density at radius 1 is 1.09 bits per heavy atom. The van der Waals surface area contributed by atoms with E-state index in [0.717, 1.165) is 38.9 Å². The largest absolute Gasteiger partial charge is 0.379 e. The number of hydrogen-bond donors (Lipinski definition) is 0. The molecular weight excluding hydrogens is 284 g/mol. The number of rotatable bonds is 2. The molecule has 0 atom stereocenters. The average Bonchev–Trinajstić information content (AvgIpc) is 2.71. The molecule has 1 aromatic rings. The van der Waals surface area contributed by atoms with Gasteiger partial charge in [0, 0.05) is 38.3 Å². The number of ether oxygens (including phenoxy) is 1. The molecule has 0 bridgehead atoms. The standard InChI is InChI=1S/C20H30N2O/c1-16(2)22-14-18-6-4-3-5-17(18)11-20(15-22)12-19(13-20)21-7-9-23-10-8-21/h3-6,16,19H,7-15H2,1-2H3. The van der Waals surface area contributed by atoms with Gasteiger partial charge >= 0.3 is 0 Å². The fourth-order valence-corrected chi connectivity index (χ4v) is 4.83. The van der Waals surface area contributed by atoms with Crippen LogP contribution in [-0.2, 0) is 17.7 Å². The summed E-state index contributed by atoms with van der Waals surface area (Å²) < 4.78 is 5.52. The molecule has 1 spiro atoms. The van der Waals surface area contributed by atoms with Crippen LogP contribution in [0.2, 0.25) is 0 Å². The Hall–Kier alpha value is -0.900. The quantitative estimate of drug-likeness (QED) is 0.835. The molecule has 3 heteroatoms. The SMILES string of the molecule is CC(C)N1Cc2ccccc2CC2(CC(N3CCOCC3)C2)C1. The molecule has 2 heterocycles. The van der Waals surface area contributed by atoms with E-state index in [1.165, 1.54) is 25.8 Å². The molecule has 126 valence electrons. The maximum absolute atomic E-state index is 5.52. The first-order valence-corrected chi connectivity index (χ1v) is 9.28. The Balaban J connectivity index is 1.52. The summed E-state index contributed by atoms with van der Waals surface area (Å²) in [5.41, 5.74) is 3.64. The first-order chi connectivity index (χ1) is 11.2. The molecule has 0 radical (unpaired) electrons. The molecular formula is C20H30N2O. The lowest BCUT2D eigenvalue weighted by molar-refractivity contribution is -0.0635. The minimum atomic E-state index is 0.500. The molecule has 1 saturated heterocycles. The molecule has 1 aliphatic carbocycles. The van der Waals surface area contributed by atoms with E-state index in [1.807, 2.05) is 0 Å². The summed E-state index contributed by atoms with van der Waals surface area (Å²) in [6, 6.07) is 10.5. The highest BCUT2D eigenvalue weighted by Crippen LogP contribution is 2.49. The minimum absolute atomic E-state index is 0.500. The molecule has 1 aromatic carbocycles. The predicted octanol–water partition coefficient (Wildman–Crippen LogP) is 2.93. The van der Waals surface area contributed by atoms with Crippen LogP contribution in [0.25, 0.3) is 0 Å². The highest BCUT2D eigenvalue weighted by molar-refractivity contribution is 5.30. The van der Waals surface area contributed by atoms with E-state index in [1.54, 1.807) is 11.1 Å². The van der Waals surface area contributed by atoms with E-state index in [-0.39, 0.29) is 0 Å². The zero-order chi connectivity index (χ0) is 15.9. The van der Waals surface area contributed by atoms with Crippen molar-refractivity contribution < 1.29 is 4.74 Å². The number of fused-ring (bicyclic) bond motifs is 1. The van der Waals surface area contributed by atoms with Crippen molar-refractivity contribution in [2.45, 2.75) is 51.7 Å². The summed E-state index contributed by atoms with van der Waals surface area (Å²) >= 11 is 0. The fraction of sp³-hybridized carbons (Fsp3) is 0.700. The van der Waals surface area contributed by atoms with Crippen molar-refractivity contribution in [2.24, 2.45) is 5.41 Å². The maximum atomic E-state index is 5.52. The molecule has 0 N–H and O–H groups in total. The number of nitrogens with zero attached hydrogens (tertiary/aromatic N) is 2. The lowest BCUT2D eigenvalue weighted by atomic mass is 9.61. The molecule has 0 unspecified atom stereocenters. The van der Waals surface area contributed by atoms with E-state index in [2.05, 4.69) is 47.9 Å². The van der Waals surface area contributed by atoms with Gasteiger partial charge in [-0.25, -0.2) is 0 Å². The molecule has 1 saturated carbocycles. The monoisotopic (exact) mass is 314 g/mol. The normalized spacial score (nSPS) is 32.6. The highest BCUT2D eigenvalue weighted by Gasteiger charge is 2.48. The third-order valence-corrected chi connectivity index (χ3v) is 6.23. The molecule has 4 rings (SSSR count). The van der Waals surface area contributed by atoms with Crippen LogP contribution in [0.3, 0.4) is 0 Å². The zero-order valence-corrected chi connectivity index (χ0v) is 14.6. The van der Waals surface area contributed by atoms with Gasteiger partial charge in [0.25, 0.3) is 0 Å². The van der Waals surface area contributed by atoms with Crippen molar-refractivity contribution in [1.82, 2.24) is 9.80 Å². The average molecular weight is 314 g/mol. The zero-order valence-electron chi connectivity index (χ0n) is 14.6. The van der Waals surface area contributed by atoms with Gasteiger partial charge in [-0.3, -0.25) is 9.80 Å². The fourth-order valence-electron chi connectivity index (χ4n) is 4.83. The van der Waals surface area contributed by atoms with Gasteiger partial charge < -0.3 is 4.74 Å². The highest BCUT2D eigenvalue weighted by atomic mass is 16.5. The number of benzene rings is 1. The van der Waals surface area contributed by atoms with Gasteiger partial charge in [-0.2, -0.15) is 0 Å². The molecule has 0 aromatic heterocycles. The van der Waals surface area contributed by atoms with Crippen molar-refractivity contribution in [3.05, 3.63) is 35.4 Å². The van der Waals surface area contributed by atoms with Crippen LogP contribution in [0.1, 0.15) is 37.8 Å². The van der Waals surface area contributed by atoms with Crippen molar-refractivity contribution in [2.75, 3.05) is 32.8 Å². The molecule has 3 nitrogen and oxygen atoms in total. The minimum Gasteiger partial charge on any atom is -0.379 e. The third-order valence-electron chi connectivity index (χ3n) is 6.23. The summed E-state index contributed by atoms with van der Waals surface area (Å²) in [5.74, 6) is 0. The summed E-state index contributed by atoms with van der Waals surface area (Å²) in [6.07, 6.45) is 4.00. The first kappa shape index (κ1) is 15.6. The van der Waals surface area contributed by atoms with Crippen LogP contribution < -0.4 is 0 Å². The Bertz CT molecular complexity index is 544. The van der Waals surface area contributed by atoms with E-state index in [9.17, 15) is 0 Å². The van der Waals surface area contributed by atoms with Crippen molar-refractivity contribution in [3.63, 3.8) is 0 Å². The van der Waals surface area contributed by atoms with Gasteiger partial charge in [-0.1, -0.05) is 24.3 Å². The second-order valence-electron chi connectivity index (χ2n) is 8.15. The Morgan fingerprint density at radius 3 is 2.48 bits per heavy atom. The Kier molecular flexibility index (Phi) is 4.21. The lowest BCUT2D eigenvalue weighted by Gasteiger charge is -2.54. The van der Waals surface area contributed by atoms with Gasteiger partial charge in [0.15, 0.2) is 0 Å². The first-order valence-electron chi connectivity index (χ1n) is 9.28. The molecule has 0 amide bonds. The summed E-state index contributed by atoms with van der Waals surface area (Å²) in [5, 5.41) is 0. The van der Waals surface area contributed by atoms with Crippen LogP contribution >= 0.6 is 0 Å². The topological polar surface area (TPSA) is 15.7 Å². The molecule has 23 heavy (non-hydrogen) atoms. The molecule has 2 aliphatic heterocycles. The van der Waals surface area contributed by atoms with Gasteiger partial charge in [-0.15, -0.1) is 0 Å². The summed E-state index contributed by atoms with van der Waals surface area (Å²) in [7, 11) is 0. The van der Waals surface area contributed by atoms with Crippen LogP contribution in [0.15, 0.2) is 24.3 Å². The van der Waals surface area contributed by atoms with Gasteiger partial charge in [-0.05, 0) is 49.7 Å². The second-order valence-corrected chi connectivity index (χ2v) is 8.15. The van der Waals surface area contributed by atoms with Crippen molar-refractivity contribution >= 4 is 0 Å². The molecule has 2 fully saturated rings. The summed E-state index contributed by atoms with van der Waals surface area (Å²) in [4.78, 5) is 5.37. The second kappa shape index (κ2) is 6.19. The van der Waals surface area contributed by atoms with Gasteiger partial charge in [0.2, 0.25) is 0 Å². The Labute approximate surface area is 140 Å². The predicted molar refractivity (Wildman–Crippen MR) is 93.5 cm³/mol. The molecule has 3 aliphatic rings. The Morgan fingerprint density at radius 2 is 1.78 bits per heavy atom. The van der Waals surface area contributed by atoms with Crippen LogP contribution in [0.5, 0.6) is 0 Å². The number of morpholine rings is 1. The number of hydrogen-bond acceptors (Lipinski definition) is 3. The van der Waals surface area contributed by atoms with E-state index >= 15 is 0 Å². The van der Waals surface area contributed by atoms with Crippen LogP contribution in [-0.4, -0.2) is 54.7 Å². The van der Waals surface area contributed by atoms with Crippen molar-refractivity contribution in [1.29, 1.82) is 0 Å². The smallest absolute Gasteiger partial charge is 0.0594 e.